The molecular formula is C19H22N2O7. The topological polar surface area (TPSA) is 113 Å². The Morgan fingerprint density at radius 3 is 2.57 bits per heavy atom. The van der Waals surface area contributed by atoms with Crippen LogP contribution in [0.4, 0.5) is 5.69 Å². The van der Waals surface area contributed by atoms with E-state index in [1.807, 2.05) is 0 Å². The van der Waals surface area contributed by atoms with Crippen LogP contribution in [-0.4, -0.2) is 72.2 Å². The fraction of sp³-hybridized carbons (Fsp3) is 0.474. The first-order chi connectivity index (χ1) is 13.4. The van der Waals surface area contributed by atoms with Gasteiger partial charge in [0.05, 0.1) is 6.61 Å². The van der Waals surface area contributed by atoms with Crippen LogP contribution in [0.1, 0.15) is 30.1 Å². The summed E-state index contributed by atoms with van der Waals surface area (Å²) in [7, 11) is 0. The molecule has 2 heterocycles. The van der Waals surface area contributed by atoms with Crippen LogP contribution in [0.5, 0.6) is 0 Å². The fourth-order valence-electron chi connectivity index (χ4n) is 3.41. The molecule has 9 heteroatoms. The minimum atomic E-state index is -1.73. The molecule has 0 aromatic heterocycles. The number of likely N-dealkylation sites (tertiary alicyclic amines) is 1. The monoisotopic (exact) mass is 390 g/mol. The number of aliphatic carboxylic acids is 1. The van der Waals surface area contributed by atoms with Gasteiger partial charge in [0.25, 0.3) is 11.8 Å². The van der Waals surface area contributed by atoms with Crippen LogP contribution in [-0.2, 0) is 23.9 Å². The molecule has 2 atom stereocenters. The molecule has 0 spiro atoms. The number of ether oxygens (including phenoxy) is 2. The maximum atomic E-state index is 12.8. The van der Waals surface area contributed by atoms with Gasteiger partial charge < -0.3 is 24.4 Å². The highest BCUT2D eigenvalue weighted by Crippen LogP contribution is 2.24. The lowest BCUT2D eigenvalue weighted by molar-refractivity contribution is -0.177. The van der Waals surface area contributed by atoms with E-state index >= 15 is 0 Å². The molecule has 2 aliphatic rings. The third-order valence-electron chi connectivity index (χ3n) is 4.73. The van der Waals surface area contributed by atoms with Gasteiger partial charge >= 0.3 is 11.9 Å². The Kier molecular flexibility index (Phi) is 5.93. The average Bonchev–Trinajstić information content (AvgIpc) is 3.20. The van der Waals surface area contributed by atoms with Gasteiger partial charge in [-0.3, -0.25) is 14.4 Å². The Morgan fingerprint density at radius 1 is 1.21 bits per heavy atom. The molecule has 1 N–H and O–H groups in total. The predicted molar refractivity (Wildman–Crippen MR) is 96.9 cm³/mol. The third-order valence-corrected chi connectivity index (χ3v) is 4.73. The Bertz CT molecular complexity index is 788. The molecule has 3 rings (SSSR count). The van der Waals surface area contributed by atoms with E-state index in [4.69, 9.17) is 9.47 Å². The molecule has 2 fully saturated rings. The molecule has 1 aromatic carbocycles. The summed E-state index contributed by atoms with van der Waals surface area (Å²) < 4.78 is 10.1. The molecule has 0 aliphatic carbocycles. The van der Waals surface area contributed by atoms with Gasteiger partial charge in [-0.05, 0) is 31.0 Å². The van der Waals surface area contributed by atoms with Crippen molar-refractivity contribution in [2.45, 2.75) is 32.0 Å². The zero-order valence-corrected chi connectivity index (χ0v) is 15.5. The number of benzene rings is 1. The number of hydrogen-bond donors (Lipinski definition) is 1. The summed E-state index contributed by atoms with van der Waals surface area (Å²) in [5.74, 6) is -3.02. The standard InChI is InChI=1S/C19H22N2O7/c1-12(22)28-16(19(25)26)15-18(24)21(9-10-27-15)14-6-4-5-13(11-14)17(23)20-7-2-3-8-20/h4-6,11,15-16H,2-3,7-10H2,1H3,(H,25,26). The van der Waals surface area contributed by atoms with Crippen molar-refractivity contribution in [3.63, 3.8) is 0 Å². The second kappa shape index (κ2) is 8.39. The van der Waals surface area contributed by atoms with E-state index in [-0.39, 0.29) is 19.1 Å². The summed E-state index contributed by atoms with van der Waals surface area (Å²) in [5, 5.41) is 9.31. The highest BCUT2D eigenvalue weighted by atomic mass is 16.6. The molecule has 0 saturated carbocycles. The largest absolute Gasteiger partial charge is 0.478 e. The molecule has 9 nitrogen and oxygen atoms in total. The first-order valence-electron chi connectivity index (χ1n) is 9.11. The Balaban J connectivity index is 1.82. The maximum Gasteiger partial charge on any atom is 0.348 e. The number of anilines is 1. The van der Waals surface area contributed by atoms with Crippen molar-refractivity contribution < 1.29 is 33.8 Å². The predicted octanol–water partition coefficient (Wildman–Crippen LogP) is 0.671. The lowest BCUT2D eigenvalue weighted by Crippen LogP contribution is -2.55. The normalized spacial score (nSPS) is 20.8. The van der Waals surface area contributed by atoms with Gasteiger partial charge in [-0.15, -0.1) is 0 Å². The Morgan fingerprint density at radius 2 is 1.93 bits per heavy atom. The van der Waals surface area contributed by atoms with Crippen molar-refractivity contribution in [3.05, 3.63) is 29.8 Å². The highest BCUT2D eigenvalue weighted by molar-refractivity contribution is 6.02. The smallest absolute Gasteiger partial charge is 0.348 e. The number of hydrogen-bond acceptors (Lipinski definition) is 6. The minimum absolute atomic E-state index is 0.0751. The second-order valence-corrected chi connectivity index (χ2v) is 6.70. The number of nitrogens with zero attached hydrogens (tertiary/aromatic N) is 2. The first kappa shape index (κ1) is 19.8. The van der Waals surface area contributed by atoms with Crippen LogP contribution in [0.2, 0.25) is 0 Å². The number of carboxylic acid groups (broad SMARTS) is 1. The first-order valence-corrected chi connectivity index (χ1v) is 9.11. The summed E-state index contributed by atoms with van der Waals surface area (Å²) in [6.45, 7) is 2.76. The third kappa shape index (κ3) is 4.14. The number of amides is 2. The second-order valence-electron chi connectivity index (χ2n) is 6.70. The fourth-order valence-corrected chi connectivity index (χ4v) is 3.41. The molecule has 0 bridgehead atoms. The molecule has 2 saturated heterocycles. The van der Waals surface area contributed by atoms with Crippen molar-refractivity contribution in [2.75, 3.05) is 31.1 Å². The van der Waals surface area contributed by atoms with Crippen LogP contribution in [0.25, 0.3) is 0 Å². The van der Waals surface area contributed by atoms with E-state index in [1.165, 1.54) is 4.90 Å². The highest BCUT2D eigenvalue weighted by Gasteiger charge is 2.42. The molecule has 28 heavy (non-hydrogen) atoms. The van der Waals surface area contributed by atoms with Gasteiger partial charge in [-0.1, -0.05) is 6.07 Å². The van der Waals surface area contributed by atoms with Crippen molar-refractivity contribution in [1.82, 2.24) is 4.90 Å². The van der Waals surface area contributed by atoms with Gasteiger partial charge in [0.2, 0.25) is 6.10 Å². The maximum absolute atomic E-state index is 12.8. The molecule has 150 valence electrons. The van der Waals surface area contributed by atoms with E-state index in [1.54, 1.807) is 29.2 Å². The van der Waals surface area contributed by atoms with Crippen molar-refractivity contribution >= 4 is 29.4 Å². The summed E-state index contributed by atoms with van der Waals surface area (Å²) in [6.07, 6.45) is -1.24. The SMILES string of the molecule is CC(=O)OC(C(=O)O)C1OCCN(c2cccc(C(=O)N3CCCC3)c2)C1=O. The zero-order chi connectivity index (χ0) is 20.3. The lowest BCUT2D eigenvalue weighted by atomic mass is 10.1. The van der Waals surface area contributed by atoms with Gasteiger partial charge in [-0.25, -0.2) is 4.79 Å². The van der Waals surface area contributed by atoms with Crippen LogP contribution >= 0.6 is 0 Å². The number of carboxylic acids is 1. The van der Waals surface area contributed by atoms with Gasteiger partial charge in [-0.2, -0.15) is 0 Å². The van der Waals surface area contributed by atoms with Crippen LogP contribution in [0, 0.1) is 0 Å². The molecular weight excluding hydrogens is 368 g/mol. The number of morpholine rings is 1. The van der Waals surface area contributed by atoms with Crippen molar-refractivity contribution in [3.8, 4) is 0 Å². The number of rotatable bonds is 5. The average molecular weight is 390 g/mol. The van der Waals surface area contributed by atoms with E-state index < -0.39 is 30.1 Å². The van der Waals surface area contributed by atoms with Crippen molar-refractivity contribution in [2.24, 2.45) is 0 Å². The summed E-state index contributed by atoms with van der Waals surface area (Å²) in [4.78, 5) is 51.2. The molecule has 2 unspecified atom stereocenters. The molecule has 2 aliphatic heterocycles. The quantitative estimate of drug-likeness (QED) is 0.735. The molecule has 0 radical (unpaired) electrons. The minimum Gasteiger partial charge on any atom is -0.478 e. The van der Waals surface area contributed by atoms with E-state index in [9.17, 15) is 24.3 Å². The van der Waals surface area contributed by atoms with Crippen molar-refractivity contribution in [1.29, 1.82) is 0 Å². The van der Waals surface area contributed by atoms with E-state index in [0.717, 1.165) is 19.8 Å². The lowest BCUT2D eigenvalue weighted by Gasteiger charge is -2.34. The number of carbonyl (C=O) groups is 4. The van der Waals surface area contributed by atoms with Crippen LogP contribution in [0.15, 0.2) is 24.3 Å². The number of carbonyl (C=O) groups excluding carboxylic acids is 3. The van der Waals surface area contributed by atoms with Gasteiger partial charge in [0.15, 0.2) is 6.10 Å². The van der Waals surface area contributed by atoms with E-state index in [2.05, 4.69) is 0 Å². The van der Waals surface area contributed by atoms with Crippen LogP contribution in [0.3, 0.4) is 0 Å². The van der Waals surface area contributed by atoms with Gasteiger partial charge in [0, 0.05) is 37.8 Å². The summed E-state index contributed by atoms with van der Waals surface area (Å²) in [5.41, 5.74) is 0.931. The van der Waals surface area contributed by atoms with Crippen LogP contribution < -0.4 is 4.90 Å². The summed E-state index contributed by atoms with van der Waals surface area (Å²) >= 11 is 0. The zero-order valence-electron chi connectivity index (χ0n) is 15.5. The van der Waals surface area contributed by atoms with E-state index in [0.29, 0.717) is 24.3 Å². The Hall–Kier alpha value is -2.94. The molecule has 2 amide bonds. The Labute approximate surface area is 161 Å². The summed E-state index contributed by atoms with van der Waals surface area (Å²) in [6, 6.07) is 6.65. The van der Waals surface area contributed by atoms with Gasteiger partial charge in [0.1, 0.15) is 0 Å². The number of esters is 1. The molecule has 1 aromatic rings.